The number of carbonyl (C=O) groups excluding carboxylic acids is 1. The van der Waals surface area contributed by atoms with E-state index in [1.54, 1.807) is 0 Å². The maximum absolute atomic E-state index is 12.9. The molecule has 2 aliphatic rings. The van der Waals surface area contributed by atoms with E-state index in [4.69, 9.17) is 23.2 Å². The van der Waals surface area contributed by atoms with Crippen molar-refractivity contribution in [1.82, 2.24) is 15.5 Å². The molecule has 7 heteroatoms. The number of piperazine rings is 1. The summed E-state index contributed by atoms with van der Waals surface area (Å²) in [5.41, 5.74) is 4.37. The molecule has 0 saturated carbocycles. The van der Waals surface area contributed by atoms with Crippen LogP contribution in [0.2, 0.25) is 10.0 Å². The molecule has 4 rings (SSSR count). The molecule has 2 aromatic rings. The molecule has 2 aromatic carbocycles. The summed E-state index contributed by atoms with van der Waals surface area (Å²) < 4.78 is 0. The van der Waals surface area contributed by atoms with Crippen LogP contribution < -0.4 is 15.5 Å². The van der Waals surface area contributed by atoms with Crippen LogP contribution in [0.25, 0.3) is 5.70 Å². The third-order valence-corrected chi connectivity index (χ3v) is 7.73. The predicted octanol–water partition coefficient (Wildman–Crippen LogP) is 5.05. The van der Waals surface area contributed by atoms with E-state index in [0.717, 1.165) is 68.1 Å². The van der Waals surface area contributed by atoms with Crippen LogP contribution in [0.15, 0.2) is 54.1 Å². The van der Waals surface area contributed by atoms with Gasteiger partial charge in [0.15, 0.2) is 0 Å². The minimum Gasteiger partial charge on any atom is -0.381 e. The molecule has 5 nitrogen and oxygen atoms in total. The fraction of sp³-hybridized carbons (Fsp3) is 0.444. The van der Waals surface area contributed by atoms with Crippen LogP contribution in [0.1, 0.15) is 32.3 Å². The van der Waals surface area contributed by atoms with Gasteiger partial charge in [-0.25, -0.2) is 0 Å². The molecule has 2 N–H and O–H groups in total. The van der Waals surface area contributed by atoms with E-state index in [-0.39, 0.29) is 17.9 Å². The molecule has 1 saturated heterocycles. The number of hydrogen-bond donors (Lipinski definition) is 2. The van der Waals surface area contributed by atoms with Crippen molar-refractivity contribution in [3.8, 4) is 0 Å². The number of nitrogens with one attached hydrogen (secondary N) is 2. The quantitative estimate of drug-likeness (QED) is 0.497. The van der Waals surface area contributed by atoms with Crippen molar-refractivity contribution in [3.05, 3.63) is 69.7 Å². The van der Waals surface area contributed by atoms with Gasteiger partial charge < -0.3 is 15.5 Å². The SMILES string of the molecule is CC1=C(c2ccccc2)NC(C)C1C(=O)NCCCCN1CCN(c2cccc(Cl)c2Cl)CC1. The molecule has 2 atom stereocenters. The molecule has 0 bridgehead atoms. The molecule has 2 aliphatic heterocycles. The molecule has 2 unspecified atom stereocenters. The lowest BCUT2D eigenvalue weighted by Gasteiger charge is -2.36. The van der Waals surface area contributed by atoms with Gasteiger partial charge in [-0.3, -0.25) is 9.69 Å². The van der Waals surface area contributed by atoms with Crippen LogP contribution in [0.5, 0.6) is 0 Å². The normalized spacial score (nSPS) is 21.0. The highest BCUT2D eigenvalue weighted by Gasteiger charge is 2.34. The maximum Gasteiger partial charge on any atom is 0.229 e. The summed E-state index contributed by atoms with van der Waals surface area (Å²) in [6, 6.07) is 16.1. The Morgan fingerprint density at radius 1 is 1.03 bits per heavy atom. The first-order valence-electron chi connectivity index (χ1n) is 12.2. The standard InChI is InChI=1S/C27H34Cl2N4O/c1-19-24(20(2)31-26(19)21-9-4-3-5-10-21)27(34)30-13-6-7-14-32-15-17-33(18-16-32)23-12-8-11-22(28)25(23)29/h3-5,8-12,20,24,31H,6-7,13-18H2,1-2H3,(H,30,34). The van der Waals surface area contributed by atoms with Gasteiger partial charge in [0, 0.05) is 44.5 Å². The number of anilines is 1. The van der Waals surface area contributed by atoms with Crippen LogP contribution in [0.4, 0.5) is 5.69 Å². The molecule has 0 aliphatic carbocycles. The molecular weight excluding hydrogens is 467 g/mol. The molecule has 0 radical (unpaired) electrons. The Balaban J connectivity index is 1.17. The Bertz CT molecular complexity index is 1020. The number of carbonyl (C=O) groups is 1. The molecule has 2 heterocycles. The van der Waals surface area contributed by atoms with E-state index in [1.807, 2.05) is 36.4 Å². The molecule has 0 aromatic heterocycles. The topological polar surface area (TPSA) is 47.6 Å². The highest BCUT2D eigenvalue weighted by molar-refractivity contribution is 6.43. The summed E-state index contributed by atoms with van der Waals surface area (Å²) in [4.78, 5) is 17.7. The minimum absolute atomic E-state index is 0.0968. The lowest BCUT2D eigenvalue weighted by atomic mass is 9.94. The summed E-state index contributed by atoms with van der Waals surface area (Å²) in [6.07, 6.45) is 2.05. The van der Waals surface area contributed by atoms with E-state index < -0.39 is 0 Å². The lowest BCUT2D eigenvalue weighted by molar-refractivity contribution is -0.124. The highest BCUT2D eigenvalue weighted by Crippen LogP contribution is 2.33. The molecular formula is C27H34Cl2N4O. The van der Waals surface area contributed by atoms with E-state index >= 15 is 0 Å². The number of benzene rings is 2. The molecule has 34 heavy (non-hydrogen) atoms. The molecule has 182 valence electrons. The van der Waals surface area contributed by atoms with Gasteiger partial charge in [0.2, 0.25) is 5.91 Å². The largest absolute Gasteiger partial charge is 0.381 e. The fourth-order valence-corrected chi connectivity index (χ4v) is 5.44. The fourth-order valence-electron chi connectivity index (χ4n) is 5.03. The Kier molecular flexibility index (Phi) is 8.41. The highest BCUT2D eigenvalue weighted by atomic mass is 35.5. The van der Waals surface area contributed by atoms with Crippen molar-refractivity contribution in [2.45, 2.75) is 32.7 Å². The number of halogens is 2. The van der Waals surface area contributed by atoms with Crippen molar-refractivity contribution >= 4 is 40.5 Å². The number of unbranched alkanes of at least 4 members (excludes halogenated alkanes) is 1. The van der Waals surface area contributed by atoms with Crippen molar-refractivity contribution in [2.24, 2.45) is 5.92 Å². The summed E-state index contributed by atoms with van der Waals surface area (Å²) in [7, 11) is 0. The average Bonchev–Trinajstić information content (AvgIpc) is 3.15. The lowest BCUT2D eigenvalue weighted by Crippen LogP contribution is -2.46. The Morgan fingerprint density at radius 3 is 2.50 bits per heavy atom. The van der Waals surface area contributed by atoms with Crippen LogP contribution in [0, 0.1) is 5.92 Å². The molecule has 0 spiro atoms. The predicted molar refractivity (Wildman–Crippen MR) is 142 cm³/mol. The van der Waals surface area contributed by atoms with Crippen molar-refractivity contribution in [1.29, 1.82) is 0 Å². The Labute approximate surface area is 213 Å². The zero-order chi connectivity index (χ0) is 24.1. The first-order chi connectivity index (χ1) is 16.5. The van der Waals surface area contributed by atoms with Gasteiger partial charge in [0.1, 0.15) is 0 Å². The zero-order valence-electron chi connectivity index (χ0n) is 20.0. The van der Waals surface area contributed by atoms with Gasteiger partial charge >= 0.3 is 0 Å². The van der Waals surface area contributed by atoms with Crippen molar-refractivity contribution < 1.29 is 4.79 Å². The second kappa shape index (κ2) is 11.5. The first kappa shape index (κ1) is 24.9. The second-order valence-corrected chi connectivity index (χ2v) is 10.0. The van der Waals surface area contributed by atoms with Gasteiger partial charge in [-0.2, -0.15) is 0 Å². The smallest absolute Gasteiger partial charge is 0.229 e. The van der Waals surface area contributed by atoms with E-state index in [0.29, 0.717) is 16.6 Å². The number of amides is 1. The summed E-state index contributed by atoms with van der Waals surface area (Å²) in [5, 5.41) is 7.92. The first-order valence-corrected chi connectivity index (χ1v) is 12.9. The third-order valence-electron chi connectivity index (χ3n) is 6.92. The maximum atomic E-state index is 12.9. The minimum atomic E-state index is -0.124. The number of hydrogen-bond acceptors (Lipinski definition) is 4. The van der Waals surface area contributed by atoms with Crippen molar-refractivity contribution in [2.75, 3.05) is 44.2 Å². The average molecular weight is 502 g/mol. The van der Waals surface area contributed by atoms with E-state index in [9.17, 15) is 4.79 Å². The van der Waals surface area contributed by atoms with E-state index in [2.05, 4.69) is 46.4 Å². The van der Waals surface area contributed by atoms with Crippen LogP contribution in [0.3, 0.4) is 0 Å². The van der Waals surface area contributed by atoms with Gasteiger partial charge in [0.25, 0.3) is 0 Å². The molecule has 1 amide bonds. The summed E-state index contributed by atoms with van der Waals surface area (Å²) in [5.74, 6) is -0.00274. The third kappa shape index (κ3) is 5.70. The van der Waals surface area contributed by atoms with Gasteiger partial charge in [0.05, 0.1) is 21.7 Å². The van der Waals surface area contributed by atoms with Crippen LogP contribution in [-0.2, 0) is 4.79 Å². The Hall–Kier alpha value is -2.21. The van der Waals surface area contributed by atoms with Crippen LogP contribution >= 0.6 is 23.2 Å². The molecule has 1 fully saturated rings. The van der Waals surface area contributed by atoms with Gasteiger partial charge in [-0.15, -0.1) is 0 Å². The second-order valence-electron chi connectivity index (χ2n) is 9.23. The van der Waals surface area contributed by atoms with Gasteiger partial charge in [-0.1, -0.05) is 59.6 Å². The summed E-state index contributed by atoms with van der Waals surface area (Å²) >= 11 is 12.6. The Morgan fingerprint density at radius 2 is 1.76 bits per heavy atom. The van der Waals surface area contributed by atoms with E-state index in [1.165, 1.54) is 0 Å². The monoisotopic (exact) mass is 500 g/mol. The van der Waals surface area contributed by atoms with Crippen LogP contribution in [-0.4, -0.2) is 56.1 Å². The number of rotatable bonds is 8. The zero-order valence-corrected chi connectivity index (χ0v) is 21.5. The summed E-state index contributed by atoms with van der Waals surface area (Å²) in [6.45, 7) is 9.82. The van der Waals surface area contributed by atoms with Crippen molar-refractivity contribution in [3.63, 3.8) is 0 Å². The van der Waals surface area contributed by atoms with Gasteiger partial charge in [-0.05, 0) is 56.5 Å². The number of nitrogens with zero attached hydrogens (tertiary/aromatic N) is 2.